The first-order valence-corrected chi connectivity index (χ1v) is 13.9. The maximum Gasteiger partial charge on any atom is 0.0398 e. The minimum absolute atomic E-state index is 0.638. The molecular weight excluding hydrogens is 438 g/mol. The number of benzene rings is 3. The van der Waals surface area contributed by atoms with Crippen LogP contribution in [0.25, 0.3) is 0 Å². The third-order valence-electron chi connectivity index (χ3n) is 7.00. The van der Waals surface area contributed by atoms with E-state index < -0.39 is 0 Å². The molecule has 0 unspecified atom stereocenters. The lowest BCUT2D eigenvalue weighted by Gasteiger charge is -2.27. The Kier molecular flexibility index (Phi) is 10.9. The molecule has 0 saturated heterocycles. The molecule has 3 heteroatoms. The van der Waals surface area contributed by atoms with Crippen LogP contribution >= 0.6 is 0 Å². The van der Waals surface area contributed by atoms with Crippen molar-refractivity contribution in [3.05, 3.63) is 95.1 Å². The van der Waals surface area contributed by atoms with Gasteiger partial charge in [-0.1, -0.05) is 68.4 Å². The standard InChI is InChI=1S/C33H47N3/c1-7-35(8-2)32-19-16-29(17-20-32)25-34(24-28-14-12-11-13-15-28)26-30-18-21-33(36(9-3)10-4)31(23-30)22-27(5)6/h11-21,23,27H,7-10,22,24-26H2,1-6H3. The van der Waals surface area contributed by atoms with E-state index in [4.69, 9.17) is 0 Å². The molecule has 0 N–H and O–H groups in total. The van der Waals surface area contributed by atoms with Crippen LogP contribution in [-0.2, 0) is 26.1 Å². The molecule has 0 atom stereocenters. The van der Waals surface area contributed by atoms with Gasteiger partial charge in [0.15, 0.2) is 0 Å². The van der Waals surface area contributed by atoms with E-state index in [1.54, 1.807) is 0 Å². The number of anilines is 2. The van der Waals surface area contributed by atoms with E-state index in [1.165, 1.54) is 33.6 Å². The summed E-state index contributed by atoms with van der Waals surface area (Å²) in [6.07, 6.45) is 1.12. The van der Waals surface area contributed by atoms with Gasteiger partial charge in [-0.25, -0.2) is 0 Å². The van der Waals surface area contributed by atoms with Crippen LogP contribution < -0.4 is 9.80 Å². The van der Waals surface area contributed by atoms with Crippen molar-refractivity contribution in [1.82, 2.24) is 4.90 Å². The van der Waals surface area contributed by atoms with Gasteiger partial charge in [0.25, 0.3) is 0 Å². The minimum atomic E-state index is 0.638. The highest BCUT2D eigenvalue weighted by molar-refractivity contribution is 5.55. The van der Waals surface area contributed by atoms with Crippen LogP contribution in [-0.4, -0.2) is 31.1 Å². The van der Waals surface area contributed by atoms with Gasteiger partial charge in [-0.2, -0.15) is 0 Å². The predicted molar refractivity (Wildman–Crippen MR) is 158 cm³/mol. The molecule has 0 heterocycles. The summed E-state index contributed by atoms with van der Waals surface area (Å²) in [5.41, 5.74) is 8.32. The van der Waals surface area contributed by atoms with Gasteiger partial charge in [0.1, 0.15) is 0 Å². The van der Waals surface area contributed by atoms with E-state index >= 15 is 0 Å². The molecule has 0 aliphatic rings. The number of rotatable bonds is 14. The van der Waals surface area contributed by atoms with E-state index in [0.717, 1.165) is 52.2 Å². The molecule has 0 fully saturated rings. The van der Waals surface area contributed by atoms with Gasteiger partial charge in [0, 0.05) is 57.2 Å². The topological polar surface area (TPSA) is 9.72 Å². The third-order valence-corrected chi connectivity index (χ3v) is 7.00. The lowest BCUT2D eigenvalue weighted by Crippen LogP contribution is -2.25. The van der Waals surface area contributed by atoms with Gasteiger partial charge in [0.05, 0.1) is 0 Å². The second-order valence-corrected chi connectivity index (χ2v) is 10.2. The summed E-state index contributed by atoms with van der Waals surface area (Å²) in [7, 11) is 0. The molecule has 0 radical (unpaired) electrons. The van der Waals surface area contributed by atoms with Crippen LogP contribution in [0.3, 0.4) is 0 Å². The summed E-state index contributed by atoms with van der Waals surface area (Å²) < 4.78 is 0. The Bertz CT molecular complexity index is 1020. The highest BCUT2D eigenvalue weighted by Gasteiger charge is 2.14. The van der Waals surface area contributed by atoms with E-state index in [9.17, 15) is 0 Å². The molecule has 0 aliphatic carbocycles. The van der Waals surface area contributed by atoms with Crippen LogP contribution in [0.5, 0.6) is 0 Å². The van der Waals surface area contributed by atoms with Gasteiger partial charge in [-0.3, -0.25) is 4.90 Å². The van der Waals surface area contributed by atoms with Crippen LogP contribution in [0.1, 0.15) is 63.8 Å². The van der Waals surface area contributed by atoms with Crippen LogP contribution in [0, 0.1) is 5.92 Å². The highest BCUT2D eigenvalue weighted by Crippen LogP contribution is 2.26. The molecule has 0 spiro atoms. The molecule has 3 aromatic carbocycles. The first-order valence-electron chi connectivity index (χ1n) is 13.9. The Morgan fingerprint density at radius 1 is 0.583 bits per heavy atom. The summed E-state index contributed by atoms with van der Waals surface area (Å²) in [5, 5.41) is 0. The van der Waals surface area contributed by atoms with E-state index in [0.29, 0.717) is 5.92 Å². The molecule has 36 heavy (non-hydrogen) atoms. The van der Waals surface area contributed by atoms with Crippen LogP contribution in [0.2, 0.25) is 0 Å². The summed E-state index contributed by atoms with van der Waals surface area (Å²) in [5.74, 6) is 0.638. The quantitative estimate of drug-likeness (QED) is 0.231. The molecule has 0 bridgehead atoms. The van der Waals surface area contributed by atoms with Gasteiger partial charge >= 0.3 is 0 Å². The largest absolute Gasteiger partial charge is 0.372 e. The molecule has 3 rings (SSSR count). The fourth-order valence-electron chi connectivity index (χ4n) is 5.14. The maximum atomic E-state index is 2.58. The van der Waals surface area contributed by atoms with Crippen molar-refractivity contribution in [1.29, 1.82) is 0 Å². The molecule has 0 aliphatic heterocycles. The van der Waals surface area contributed by atoms with E-state index in [-0.39, 0.29) is 0 Å². The zero-order valence-electron chi connectivity index (χ0n) is 23.5. The van der Waals surface area contributed by atoms with Crippen molar-refractivity contribution in [2.24, 2.45) is 5.92 Å². The van der Waals surface area contributed by atoms with Crippen LogP contribution in [0.4, 0.5) is 11.4 Å². The number of hydrogen-bond donors (Lipinski definition) is 0. The van der Waals surface area contributed by atoms with Crippen molar-refractivity contribution in [3.63, 3.8) is 0 Å². The SMILES string of the molecule is CCN(CC)c1ccc(CN(Cc2ccccc2)Cc2ccc(N(CC)CC)c(CC(C)C)c2)cc1. The first kappa shape index (κ1) is 27.8. The van der Waals surface area contributed by atoms with Gasteiger partial charge < -0.3 is 9.80 Å². The van der Waals surface area contributed by atoms with E-state index in [2.05, 4.69) is 129 Å². The fourth-order valence-corrected chi connectivity index (χ4v) is 5.14. The highest BCUT2D eigenvalue weighted by atomic mass is 15.1. The summed E-state index contributed by atoms with van der Waals surface area (Å²) in [4.78, 5) is 7.47. The molecular formula is C33H47N3. The number of hydrogen-bond acceptors (Lipinski definition) is 3. The van der Waals surface area contributed by atoms with Gasteiger partial charge in [-0.15, -0.1) is 0 Å². The van der Waals surface area contributed by atoms with E-state index in [1.807, 2.05) is 0 Å². The molecule has 0 saturated carbocycles. The van der Waals surface area contributed by atoms with Crippen LogP contribution in [0.15, 0.2) is 72.8 Å². The van der Waals surface area contributed by atoms with Crippen molar-refractivity contribution in [2.75, 3.05) is 36.0 Å². The lowest BCUT2D eigenvalue weighted by molar-refractivity contribution is 0.247. The molecule has 0 amide bonds. The zero-order valence-corrected chi connectivity index (χ0v) is 23.5. The Labute approximate surface area is 220 Å². The average molecular weight is 486 g/mol. The summed E-state index contributed by atoms with van der Waals surface area (Å²) >= 11 is 0. The number of nitrogens with zero attached hydrogens (tertiary/aromatic N) is 3. The maximum absolute atomic E-state index is 2.58. The molecule has 3 nitrogen and oxygen atoms in total. The predicted octanol–water partition coefficient (Wildman–Crippen LogP) is 7.78. The van der Waals surface area contributed by atoms with Crippen molar-refractivity contribution < 1.29 is 0 Å². The Morgan fingerprint density at radius 2 is 1.11 bits per heavy atom. The average Bonchev–Trinajstić information content (AvgIpc) is 2.88. The van der Waals surface area contributed by atoms with Gasteiger partial charge in [-0.05, 0) is 80.5 Å². The first-order chi connectivity index (χ1) is 17.5. The van der Waals surface area contributed by atoms with Crippen molar-refractivity contribution in [3.8, 4) is 0 Å². The molecule has 0 aromatic heterocycles. The lowest BCUT2D eigenvalue weighted by atomic mass is 9.98. The second kappa shape index (κ2) is 14.1. The fraction of sp³-hybridized carbons (Fsp3) is 0.455. The Morgan fingerprint density at radius 3 is 1.67 bits per heavy atom. The third kappa shape index (κ3) is 7.86. The zero-order chi connectivity index (χ0) is 25.9. The van der Waals surface area contributed by atoms with Crippen molar-refractivity contribution in [2.45, 2.75) is 67.6 Å². The summed E-state index contributed by atoms with van der Waals surface area (Å²) in [6.45, 7) is 20.6. The Hall–Kier alpha value is -2.78. The summed E-state index contributed by atoms with van der Waals surface area (Å²) in [6, 6.07) is 27.2. The Balaban J connectivity index is 1.86. The second-order valence-electron chi connectivity index (χ2n) is 10.2. The van der Waals surface area contributed by atoms with Gasteiger partial charge in [0.2, 0.25) is 0 Å². The monoisotopic (exact) mass is 485 g/mol. The van der Waals surface area contributed by atoms with Crippen molar-refractivity contribution >= 4 is 11.4 Å². The normalized spacial score (nSPS) is 11.3. The molecule has 3 aromatic rings. The minimum Gasteiger partial charge on any atom is -0.372 e. The molecule has 194 valence electrons. The smallest absolute Gasteiger partial charge is 0.0398 e.